The molecule has 0 unspecified atom stereocenters. The molecule has 1 aliphatic carbocycles. The van der Waals surface area contributed by atoms with Crippen LogP contribution in [0.5, 0.6) is 0 Å². The van der Waals surface area contributed by atoms with Crippen molar-refractivity contribution in [2.45, 2.75) is 63.9 Å². The van der Waals surface area contributed by atoms with Gasteiger partial charge in [0.25, 0.3) is 0 Å². The summed E-state index contributed by atoms with van der Waals surface area (Å²) in [5.41, 5.74) is 6.77. The number of aliphatic hydroxyl groups excluding tert-OH is 1. The van der Waals surface area contributed by atoms with Gasteiger partial charge in [0.15, 0.2) is 0 Å². The molecule has 0 spiro atoms. The molecule has 3 N–H and O–H groups in total. The van der Waals surface area contributed by atoms with Gasteiger partial charge in [-0.3, -0.25) is 0 Å². The Morgan fingerprint density at radius 1 is 1.15 bits per heavy atom. The number of aliphatic hydroxyl groups is 1. The van der Waals surface area contributed by atoms with Crippen molar-refractivity contribution >= 4 is 0 Å². The van der Waals surface area contributed by atoms with Crippen LogP contribution in [0.4, 0.5) is 0 Å². The van der Waals surface area contributed by atoms with E-state index in [9.17, 15) is 5.11 Å². The van der Waals surface area contributed by atoms with E-state index in [0.717, 1.165) is 24.3 Å². The summed E-state index contributed by atoms with van der Waals surface area (Å²) < 4.78 is 5.81. The average molecular weight is 277 g/mol. The van der Waals surface area contributed by atoms with E-state index in [1.54, 1.807) is 0 Å². The second kappa shape index (κ2) is 8.40. The minimum atomic E-state index is -0.887. The molecule has 3 heteroatoms. The first-order valence-corrected chi connectivity index (χ1v) is 7.85. The molecule has 0 radical (unpaired) electrons. The summed E-state index contributed by atoms with van der Waals surface area (Å²) in [7, 11) is 0. The van der Waals surface area contributed by atoms with Crippen LogP contribution in [-0.4, -0.2) is 17.4 Å². The Labute approximate surface area is 122 Å². The maximum atomic E-state index is 9.67. The lowest BCUT2D eigenvalue weighted by Gasteiger charge is -2.25. The van der Waals surface area contributed by atoms with Crippen molar-refractivity contribution in [2.24, 2.45) is 11.7 Å². The van der Waals surface area contributed by atoms with Crippen molar-refractivity contribution in [3.05, 3.63) is 35.9 Å². The van der Waals surface area contributed by atoms with Gasteiger partial charge in [0.1, 0.15) is 6.23 Å². The number of nitrogens with two attached hydrogens (primary N) is 1. The van der Waals surface area contributed by atoms with E-state index in [4.69, 9.17) is 10.5 Å². The molecule has 0 aliphatic heterocycles. The van der Waals surface area contributed by atoms with Crippen LogP contribution in [0.25, 0.3) is 0 Å². The van der Waals surface area contributed by atoms with Crippen LogP contribution < -0.4 is 5.73 Å². The lowest BCUT2D eigenvalue weighted by atomic mass is 9.85. The standard InChI is InChI=1S/C17H27NO2/c18-17(19)16(12-11-14-7-3-1-4-8-14)20-13-15-9-5-2-6-10-15/h2,5-6,9-10,14,16-17,19H,1,3-4,7-8,11-13,18H2/t16-,17+/m1/s1. The zero-order chi connectivity index (χ0) is 14.2. The van der Waals surface area contributed by atoms with E-state index >= 15 is 0 Å². The first-order valence-electron chi connectivity index (χ1n) is 7.85. The Morgan fingerprint density at radius 3 is 2.50 bits per heavy atom. The van der Waals surface area contributed by atoms with Gasteiger partial charge in [-0.05, 0) is 24.3 Å². The molecular formula is C17H27NO2. The maximum Gasteiger partial charge on any atom is 0.128 e. The molecule has 1 saturated carbocycles. The summed E-state index contributed by atoms with van der Waals surface area (Å²) in [6, 6.07) is 10.0. The molecule has 1 aromatic rings. The SMILES string of the molecule is N[C@@H](O)[C@@H](CCC1CCCCC1)OCc1ccccc1. The first-order chi connectivity index (χ1) is 9.75. The smallest absolute Gasteiger partial charge is 0.128 e. The Balaban J connectivity index is 1.75. The van der Waals surface area contributed by atoms with E-state index in [1.807, 2.05) is 30.3 Å². The van der Waals surface area contributed by atoms with Crippen LogP contribution in [0.1, 0.15) is 50.5 Å². The van der Waals surface area contributed by atoms with E-state index in [0.29, 0.717) is 6.61 Å². The highest BCUT2D eigenvalue weighted by atomic mass is 16.5. The summed E-state index contributed by atoms with van der Waals surface area (Å²) in [5.74, 6) is 0.797. The number of hydrogen-bond acceptors (Lipinski definition) is 3. The molecule has 1 aromatic carbocycles. The van der Waals surface area contributed by atoms with E-state index in [2.05, 4.69) is 0 Å². The first kappa shape index (κ1) is 15.5. The maximum absolute atomic E-state index is 9.67. The number of rotatable bonds is 7. The second-order valence-electron chi connectivity index (χ2n) is 5.91. The molecule has 0 saturated heterocycles. The van der Waals surface area contributed by atoms with Gasteiger partial charge in [0, 0.05) is 0 Å². The molecule has 0 amide bonds. The third-order valence-electron chi connectivity index (χ3n) is 4.27. The zero-order valence-corrected chi connectivity index (χ0v) is 12.2. The predicted octanol–water partition coefficient (Wildman–Crippen LogP) is 3.21. The van der Waals surface area contributed by atoms with Crippen molar-refractivity contribution in [3.63, 3.8) is 0 Å². The Bertz CT molecular complexity index is 361. The molecule has 1 aliphatic rings. The molecule has 1 fully saturated rings. The molecule has 0 heterocycles. The molecule has 2 atom stereocenters. The summed E-state index contributed by atoms with van der Waals surface area (Å²) in [6.07, 6.45) is 7.57. The molecule has 3 nitrogen and oxygen atoms in total. The van der Waals surface area contributed by atoms with Crippen molar-refractivity contribution < 1.29 is 9.84 Å². The van der Waals surface area contributed by atoms with Crippen molar-refractivity contribution in [1.29, 1.82) is 0 Å². The van der Waals surface area contributed by atoms with E-state index in [1.165, 1.54) is 32.1 Å². The monoisotopic (exact) mass is 277 g/mol. The fourth-order valence-electron chi connectivity index (χ4n) is 3.01. The highest BCUT2D eigenvalue weighted by molar-refractivity contribution is 5.13. The second-order valence-corrected chi connectivity index (χ2v) is 5.91. The van der Waals surface area contributed by atoms with Crippen LogP contribution in [0.15, 0.2) is 30.3 Å². The third kappa shape index (κ3) is 5.23. The van der Waals surface area contributed by atoms with Gasteiger partial charge < -0.3 is 15.6 Å². The minimum Gasteiger partial charge on any atom is -0.376 e. The quantitative estimate of drug-likeness (QED) is 0.752. The molecule has 20 heavy (non-hydrogen) atoms. The normalized spacial score (nSPS) is 19.7. The van der Waals surface area contributed by atoms with Crippen LogP contribution in [0.3, 0.4) is 0 Å². The Morgan fingerprint density at radius 2 is 1.85 bits per heavy atom. The molecule has 112 valence electrons. The average Bonchev–Trinajstić information content (AvgIpc) is 2.49. The van der Waals surface area contributed by atoms with Gasteiger partial charge in [-0.25, -0.2) is 0 Å². The van der Waals surface area contributed by atoms with Gasteiger partial charge in [0.2, 0.25) is 0 Å². The van der Waals surface area contributed by atoms with E-state index < -0.39 is 6.23 Å². The van der Waals surface area contributed by atoms with Gasteiger partial charge in [-0.2, -0.15) is 0 Å². The number of ether oxygens (including phenoxy) is 1. The van der Waals surface area contributed by atoms with Crippen molar-refractivity contribution in [2.75, 3.05) is 0 Å². The molecular weight excluding hydrogens is 250 g/mol. The molecule has 0 aromatic heterocycles. The van der Waals surface area contributed by atoms with Gasteiger partial charge >= 0.3 is 0 Å². The van der Waals surface area contributed by atoms with E-state index in [-0.39, 0.29) is 6.10 Å². The minimum absolute atomic E-state index is 0.253. The Kier molecular flexibility index (Phi) is 6.51. The van der Waals surface area contributed by atoms with Crippen LogP contribution >= 0.6 is 0 Å². The highest BCUT2D eigenvalue weighted by Gasteiger charge is 2.20. The molecule has 0 bridgehead atoms. The lowest BCUT2D eigenvalue weighted by molar-refractivity contribution is -0.0501. The van der Waals surface area contributed by atoms with Gasteiger partial charge in [0.05, 0.1) is 12.7 Å². The van der Waals surface area contributed by atoms with Gasteiger partial charge in [-0.1, -0.05) is 62.4 Å². The largest absolute Gasteiger partial charge is 0.376 e. The summed E-state index contributed by atoms with van der Waals surface area (Å²) in [4.78, 5) is 0. The highest BCUT2D eigenvalue weighted by Crippen LogP contribution is 2.28. The fraction of sp³-hybridized carbons (Fsp3) is 0.647. The Hall–Kier alpha value is -0.900. The van der Waals surface area contributed by atoms with Crippen LogP contribution in [-0.2, 0) is 11.3 Å². The zero-order valence-electron chi connectivity index (χ0n) is 12.2. The summed E-state index contributed by atoms with van der Waals surface area (Å²) in [5, 5.41) is 9.67. The summed E-state index contributed by atoms with van der Waals surface area (Å²) >= 11 is 0. The topological polar surface area (TPSA) is 55.5 Å². The van der Waals surface area contributed by atoms with Crippen LogP contribution in [0, 0.1) is 5.92 Å². The van der Waals surface area contributed by atoms with Crippen molar-refractivity contribution in [1.82, 2.24) is 0 Å². The lowest BCUT2D eigenvalue weighted by Crippen LogP contribution is -2.36. The third-order valence-corrected chi connectivity index (χ3v) is 4.27. The van der Waals surface area contributed by atoms with Crippen molar-refractivity contribution in [3.8, 4) is 0 Å². The number of benzene rings is 1. The summed E-state index contributed by atoms with van der Waals surface area (Å²) in [6.45, 7) is 0.518. The van der Waals surface area contributed by atoms with Gasteiger partial charge in [-0.15, -0.1) is 0 Å². The number of hydrogen-bond donors (Lipinski definition) is 2. The predicted molar refractivity (Wildman–Crippen MR) is 81.0 cm³/mol. The molecule has 2 rings (SSSR count). The van der Waals surface area contributed by atoms with Crippen LogP contribution in [0.2, 0.25) is 0 Å². The fourth-order valence-corrected chi connectivity index (χ4v) is 3.01.